The van der Waals surface area contributed by atoms with Crippen molar-refractivity contribution >= 4 is 11.5 Å². The number of nitro groups is 1. The van der Waals surface area contributed by atoms with Crippen LogP contribution in [-0.2, 0) is 11.2 Å². The van der Waals surface area contributed by atoms with Crippen LogP contribution in [0.5, 0.6) is 0 Å². The van der Waals surface area contributed by atoms with Crippen LogP contribution in [0.1, 0.15) is 37.8 Å². The zero-order valence-corrected chi connectivity index (χ0v) is 12.5. The van der Waals surface area contributed by atoms with Crippen molar-refractivity contribution in [3.8, 4) is 6.07 Å². The standard InChI is InChI=1S/C16H18N2O3/c1-11-12(5-4-6-13(11)18(20)21)9-16(10-17)8-7-15(2,3)14(16)19/h4-6H,7-9H2,1-3H3. The SMILES string of the molecule is Cc1c(CC2(C#N)CCC(C)(C)C2=O)cccc1[N+](=O)[O-]. The molecule has 1 saturated carbocycles. The maximum absolute atomic E-state index is 12.6. The van der Waals surface area contributed by atoms with Gasteiger partial charge in [-0.15, -0.1) is 0 Å². The van der Waals surface area contributed by atoms with Gasteiger partial charge in [0.15, 0.2) is 5.78 Å². The summed E-state index contributed by atoms with van der Waals surface area (Å²) in [7, 11) is 0. The number of benzene rings is 1. The molecule has 1 aliphatic rings. The van der Waals surface area contributed by atoms with Crippen molar-refractivity contribution in [3.05, 3.63) is 39.4 Å². The molecular formula is C16H18N2O3. The first-order chi connectivity index (χ1) is 9.73. The normalized spacial score (nSPS) is 23.8. The van der Waals surface area contributed by atoms with E-state index < -0.39 is 15.8 Å². The molecule has 0 aliphatic heterocycles. The van der Waals surface area contributed by atoms with Crippen LogP contribution in [0, 0.1) is 39.2 Å². The molecule has 1 fully saturated rings. The molecule has 21 heavy (non-hydrogen) atoms. The summed E-state index contributed by atoms with van der Waals surface area (Å²) in [5.41, 5.74) is -0.273. The van der Waals surface area contributed by atoms with E-state index in [9.17, 15) is 20.2 Å². The topological polar surface area (TPSA) is 84.0 Å². The number of nitriles is 1. The zero-order valence-electron chi connectivity index (χ0n) is 12.5. The third-order valence-electron chi connectivity index (χ3n) is 4.55. The van der Waals surface area contributed by atoms with Crippen LogP contribution in [0.3, 0.4) is 0 Å². The highest BCUT2D eigenvalue weighted by Crippen LogP contribution is 2.47. The number of hydrogen-bond acceptors (Lipinski definition) is 4. The first kappa shape index (κ1) is 15.2. The van der Waals surface area contributed by atoms with Gasteiger partial charge in [0.25, 0.3) is 5.69 Å². The first-order valence-corrected chi connectivity index (χ1v) is 6.92. The van der Waals surface area contributed by atoms with Gasteiger partial charge in [0.2, 0.25) is 0 Å². The summed E-state index contributed by atoms with van der Waals surface area (Å²) in [5.74, 6) is -0.0524. The summed E-state index contributed by atoms with van der Waals surface area (Å²) >= 11 is 0. The maximum atomic E-state index is 12.6. The molecule has 110 valence electrons. The van der Waals surface area contributed by atoms with E-state index in [0.717, 1.165) is 0 Å². The molecule has 1 unspecified atom stereocenters. The Bertz CT molecular complexity index is 658. The van der Waals surface area contributed by atoms with Crippen LogP contribution in [0.15, 0.2) is 18.2 Å². The van der Waals surface area contributed by atoms with Crippen LogP contribution in [0.4, 0.5) is 5.69 Å². The monoisotopic (exact) mass is 286 g/mol. The van der Waals surface area contributed by atoms with Crippen LogP contribution >= 0.6 is 0 Å². The number of hydrogen-bond donors (Lipinski definition) is 0. The van der Waals surface area contributed by atoms with Gasteiger partial charge in [-0.25, -0.2) is 0 Å². The molecule has 0 amide bonds. The van der Waals surface area contributed by atoms with Gasteiger partial charge < -0.3 is 0 Å². The molecule has 0 spiro atoms. The van der Waals surface area contributed by atoms with Gasteiger partial charge in [0, 0.05) is 17.0 Å². The summed E-state index contributed by atoms with van der Waals surface area (Å²) in [4.78, 5) is 23.1. The van der Waals surface area contributed by atoms with E-state index in [-0.39, 0.29) is 17.9 Å². The highest BCUT2D eigenvalue weighted by molar-refractivity contribution is 5.94. The number of Topliss-reactive ketones (excluding diaryl/α,β-unsaturated/α-hetero) is 1. The predicted octanol–water partition coefficient (Wildman–Crippen LogP) is 3.34. The summed E-state index contributed by atoms with van der Waals surface area (Å²) in [5, 5.41) is 20.5. The fraction of sp³-hybridized carbons (Fsp3) is 0.500. The van der Waals surface area contributed by atoms with Gasteiger partial charge in [0.05, 0.1) is 11.0 Å². The summed E-state index contributed by atoms with van der Waals surface area (Å²) < 4.78 is 0. The predicted molar refractivity (Wildman–Crippen MR) is 77.6 cm³/mol. The van der Waals surface area contributed by atoms with Crippen molar-refractivity contribution in [2.75, 3.05) is 0 Å². The Morgan fingerprint density at radius 1 is 1.38 bits per heavy atom. The minimum Gasteiger partial charge on any atom is -0.297 e. The van der Waals surface area contributed by atoms with Gasteiger partial charge in [0.1, 0.15) is 5.41 Å². The molecule has 5 heteroatoms. The fourth-order valence-corrected chi connectivity index (χ4v) is 3.10. The van der Waals surface area contributed by atoms with Crippen molar-refractivity contribution < 1.29 is 9.72 Å². The average Bonchev–Trinajstić information content (AvgIpc) is 2.65. The third-order valence-corrected chi connectivity index (χ3v) is 4.55. The van der Waals surface area contributed by atoms with E-state index in [1.54, 1.807) is 19.1 Å². The number of nitrogens with zero attached hydrogens (tertiary/aromatic N) is 2. The van der Waals surface area contributed by atoms with Crippen molar-refractivity contribution in [3.63, 3.8) is 0 Å². The molecule has 1 aromatic rings. The molecule has 1 aromatic carbocycles. The van der Waals surface area contributed by atoms with E-state index in [2.05, 4.69) is 6.07 Å². The van der Waals surface area contributed by atoms with Gasteiger partial charge in [-0.1, -0.05) is 26.0 Å². The van der Waals surface area contributed by atoms with Crippen LogP contribution < -0.4 is 0 Å². The lowest BCUT2D eigenvalue weighted by molar-refractivity contribution is -0.385. The second kappa shape index (κ2) is 4.96. The van der Waals surface area contributed by atoms with Crippen LogP contribution in [0.2, 0.25) is 0 Å². The summed E-state index contributed by atoms with van der Waals surface area (Å²) in [6.07, 6.45) is 1.43. The van der Waals surface area contributed by atoms with Gasteiger partial charge in [-0.2, -0.15) is 5.26 Å². The molecule has 0 radical (unpaired) electrons. The number of carbonyl (C=O) groups excluding carboxylic acids is 1. The fourth-order valence-electron chi connectivity index (χ4n) is 3.10. The molecule has 1 aliphatic carbocycles. The van der Waals surface area contributed by atoms with Crippen LogP contribution in [-0.4, -0.2) is 10.7 Å². The summed E-state index contributed by atoms with van der Waals surface area (Å²) in [6, 6.07) is 7.00. The highest BCUT2D eigenvalue weighted by atomic mass is 16.6. The molecular weight excluding hydrogens is 268 g/mol. The lowest BCUT2D eigenvalue weighted by Crippen LogP contribution is -2.33. The minimum absolute atomic E-state index is 0.0327. The van der Waals surface area contributed by atoms with Crippen molar-refractivity contribution in [2.45, 2.75) is 40.0 Å². The smallest absolute Gasteiger partial charge is 0.272 e. The van der Waals surface area contributed by atoms with Crippen molar-refractivity contribution in [1.82, 2.24) is 0 Å². The Balaban J connectivity index is 2.42. The second-order valence-electron chi connectivity index (χ2n) is 6.40. The summed E-state index contributed by atoms with van der Waals surface area (Å²) in [6.45, 7) is 5.38. The minimum atomic E-state index is -1.05. The van der Waals surface area contributed by atoms with E-state index in [0.29, 0.717) is 24.0 Å². The largest absolute Gasteiger partial charge is 0.297 e. The van der Waals surface area contributed by atoms with E-state index >= 15 is 0 Å². The quantitative estimate of drug-likeness (QED) is 0.630. The number of nitro benzene ring substituents is 1. The molecule has 0 heterocycles. The molecule has 0 N–H and O–H groups in total. The van der Waals surface area contributed by atoms with E-state index in [4.69, 9.17) is 0 Å². The highest BCUT2D eigenvalue weighted by Gasteiger charge is 2.52. The van der Waals surface area contributed by atoms with E-state index in [1.807, 2.05) is 13.8 Å². The first-order valence-electron chi connectivity index (χ1n) is 6.92. The lowest BCUT2D eigenvalue weighted by Gasteiger charge is -2.23. The molecule has 0 aromatic heterocycles. The van der Waals surface area contributed by atoms with Crippen LogP contribution in [0.25, 0.3) is 0 Å². The molecule has 0 bridgehead atoms. The Hall–Kier alpha value is -2.22. The van der Waals surface area contributed by atoms with Crippen molar-refractivity contribution in [2.24, 2.45) is 10.8 Å². The van der Waals surface area contributed by atoms with Crippen molar-refractivity contribution in [1.29, 1.82) is 5.26 Å². The third kappa shape index (κ3) is 2.42. The Labute approximate surface area is 123 Å². The van der Waals surface area contributed by atoms with Gasteiger partial charge in [-0.3, -0.25) is 14.9 Å². The maximum Gasteiger partial charge on any atom is 0.272 e. The molecule has 1 atom stereocenters. The zero-order chi connectivity index (χ0) is 15.8. The Morgan fingerprint density at radius 2 is 2.05 bits per heavy atom. The number of carbonyl (C=O) groups is 1. The van der Waals surface area contributed by atoms with Gasteiger partial charge >= 0.3 is 0 Å². The molecule has 2 rings (SSSR count). The van der Waals surface area contributed by atoms with Gasteiger partial charge in [-0.05, 0) is 31.7 Å². The lowest BCUT2D eigenvalue weighted by atomic mass is 9.76. The average molecular weight is 286 g/mol. The van der Waals surface area contributed by atoms with E-state index in [1.165, 1.54) is 6.07 Å². The number of ketones is 1. The number of rotatable bonds is 3. The molecule has 5 nitrogen and oxygen atoms in total. The molecule has 0 saturated heterocycles. The second-order valence-corrected chi connectivity index (χ2v) is 6.40. The Morgan fingerprint density at radius 3 is 2.52 bits per heavy atom. The Kier molecular flexibility index (Phi) is 3.58.